The van der Waals surface area contributed by atoms with Gasteiger partial charge in [0.2, 0.25) is 5.91 Å². The van der Waals surface area contributed by atoms with Crippen molar-refractivity contribution in [2.75, 3.05) is 10.6 Å². The first kappa shape index (κ1) is 19.5. The van der Waals surface area contributed by atoms with Gasteiger partial charge in [0.05, 0.1) is 18.4 Å². The van der Waals surface area contributed by atoms with Crippen molar-refractivity contribution in [3.63, 3.8) is 0 Å². The van der Waals surface area contributed by atoms with Crippen molar-refractivity contribution in [2.45, 2.75) is 19.9 Å². The summed E-state index contributed by atoms with van der Waals surface area (Å²) < 4.78 is 6.97. The Hall–Kier alpha value is -3.79. The van der Waals surface area contributed by atoms with E-state index < -0.39 is 0 Å². The molecule has 3 heterocycles. The highest BCUT2D eigenvalue weighted by Crippen LogP contribution is 2.21. The number of rotatable bonds is 7. The zero-order chi connectivity index (χ0) is 20.9. The van der Waals surface area contributed by atoms with Crippen molar-refractivity contribution in [3.05, 3.63) is 65.8 Å². The molecule has 0 saturated carbocycles. The Balaban J connectivity index is 1.38. The van der Waals surface area contributed by atoms with Crippen molar-refractivity contribution >= 4 is 34.0 Å². The number of hydrogen-bond donors (Lipinski definition) is 2. The molecule has 0 atom stereocenters. The largest absolute Gasteiger partial charge is 0.459 e. The molecule has 0 aliphatic heterocycles. The predicted molar refractivity (Wildman–Crippen MR) is 112 cm³/mol. The summed E-state index contributed by atoms with van der Waals surface area (Å²) in [5, 5.41) is 15.7. The van der Waals surface area contributed by atoms with Gasteiger partial charge in [-0.15, -0.1) is 21.5 Å². The first-order chi connectivity index (χ1) is 14.6. The molecular formula is C20H18N6O3S. The highest BCUT2D eigenvalue weighted by atomic mass is 32.1. The molecule has 3 aromatic heterocycles. The predicted octanol–water partition coefficient (Wildman–Crippen LogP) is 3.45. The van der Waals surface area contributed by atoms with E-state index >= 15 is 0 Å². The summed E-state index contributed by atoms with van der Waals surface area (Å²) in [4.78, 5) is 28.7. The lowest BCUT2D eigenvalue weighted by molar-refractivity contribution is -0.115. The lowest BCUT2D eigenvalue weighted by Crippen LogP contribution is -2.15. The van der Waals surface area contributed by atoms with Crippen LogP contribution in [0.5, 0.6) is 0 Å². The average Bonchev–Trinajstić information content (AvgIpc) is 3.50. The minimum Gasteiger partial charge on any atom is -0.459 e. The van der Waals surface area contributed by atoms with Crippen LogP contribution in [0.2, 0.25) is 0 Å². The normalized spacial score (nSPS) is 10.7. The molecule has 9 nitrogen and oxygen atoms in total. The second kappa shape index (κ2) is 8.70. The molecule has 4 aromatic rings. The number of nitrogens with one attached hydrogen (secondary N) is 2. The zero-order valence-electron chi connectivity index (χ0n) is 16.0. The van der Waals surface area contributed by atoms with E-state index in [0.717, 1.165) is 17.9 Å². The van der Waals surface area contributed by atoms with Crippen LogP contribution in [0.1, 0.15) is 23.2 Å². The molecule has 0 fully saturated rings. The quantitative estimate of drug-likeness (QED) is 0.471. The van der Waals surface area contributed by atoms with Gasteiger partial charge in [-0.2, -0.15) is 0 Å². The van der Waals surface area contributed by atoms with Crippen LogP contribution in [0.25, 0.3) is 11.4 Å². The highest BCUT2D eigenvalue weighted by Gasteiger charge is 2.13. The second-order valence-corrected chi connectivity index (χ2v) is 7.18. The smallest absolute Gasteiger partial charge is 0.293 e. The van der Waals surface area contributed by atoms with E-state index in [0.29, 0.717) is 16.5 Å². The number of aromatic nitrogens is 4. The number of amides is 2. The zero-order valence-corrected chi connectivity index (χ0v) is 16.8. The van der Waals surface area contributed by atoms with E-state index in [9.17, 15) is 9.59 Å². The molecule has 0 aliphatic carbocycles. The standard InChI is InChI=1S/C20H18N6O3S/c1-2-26-12-21-25-18(26)13-5-3-6-14(9-13)22-17(27)10-15-11-30-20(23-15)24-19(28)16-7-4-8-29-16/h3-9,11-12H,2,10H2,1H3,(H,22,27)(H,23,24,28). The van der Waals surface area contributed by atoms with E-state index in [2.05, 4.69) is 25.8 Å². The molecule has 152 valence electrons. The lowest BCUT2D eigenvalue weighted by atomic mass is 10.2. The van der Waals surface area contributed by atoms with Crippen LogP contribution in [0, 0.1) is 0 Å². The van der Waals surface area contributed by atoms with Gasteiger partial charge < -0.3 is 14.3 Å². The molecule has 0 radical (unpaired) electrons. The fourth-order valence-electron chi connectivity index (χ4n) is 2.83. The molecule has 2 amide bonds. The van der Waals surface area contributed by atoms with Gasteiger partial charge in [-0.05, 0) is 31.2 Å². The molecule has 2 N–H and O–H groups in total. The summed E-state index contributed by atoms with van der Waals surface area (Å²) in [6.07, 6.45) is 3.18. The third kappa shape index (κ3) is 4.44. The van der Waals surface area contributed by atoms with E-state index in [-0.39, 0.29) is 24.0 Å². The fourth-order valence-corrected chi connectivity index (χ4v) is 3.53. The van der Waals surface area contributed by atoms with Crippen molar-refractivity contribution in [1.29, 1.82) is 0 Å². The molecule has 0 aliphatic rings. The van der Waals surface area contributed by atoms with Crippen molar-refractivity contribution in [1.82, 2.24) is 19.7 Å². The number of aryl methyl sites for hydroxylation is 1. The molecule has 0 unspecified atom stereocenters. The van der Waals surface area contributed by atoms with E-state index in [1.54, 1.807) is 23.8 Å². The van der Waals surface area contributed by atoms with Gasteiger partial charge in [-0.1, -0.05) is 12.1 Å². The maximum absolute atomic E-state index is 12.4. The number of furan rings is 1. The van der Waals surface area contributed by atoms with Gasteiger partial charge in [0.15, 0.2) is 16.7 Å². The van der Waals surface area contributed by atoms with Crippen LogP contribution in [0.3, 0.4) is 0 Å². The topological polar surface area (TPSA) is 115 Å². The number of benzene rings is 1. The van der Waals surface area contributed by atoms with Crippen molar-refractivity contribution < 1.29 is 14.0 Å². The molecule has 30 heavy (non-hydrogen) atoms. The Morgan fingerprint density at radius 3 is 2.90 bits per heavy atom. The average molecular weight is 422 g/mol. The Kier molecular flexibility index (Phi) is 5.66. The van der Waals surface area contributed by atoms with Gasteiger partial charge in [0, 0.05) is 23.2 Å². The lowest BCUT2D eigenvalue weighted by Gasteiger charge is -2.07. The molecule has 1 aromatic carbocycles. The molecule has 4 rings (SSSR count). The van der Waals surface area contributed by atoms with Crippen LogP contribution >= 0.6 is 11.3 Å². The third-order valence-electron chi connectivity index (χ3n) is 4.22. The van der Waals surface area contributed by atoms with Crippen molar-refractivity contribution in [3.8, 4) is 11.4 Å². The third-order valence-corrected chi connectivity index (χ3v) is 5.03. The first-order valence-electron chi connectivity index (χ1n) is 9.19. The van der Waals surface area contributed by atoms with Crippen LogP contribution < -0.4 is 10.6 Å². The number of thiazole rings is 1. The van der Waals surface area contributed by atoms with Gasteiger partial charge in [-0.25, -0.2) is 4.98 Å². The van der Waals surface area contributed by atoms with Crippen molar-refractivity contribution in [2.24, 2.45) is 0 Å². The monoisotopic (exact) mass is 422 g/mol. The number of carbonyl (C=O) groups is 2. The summed E-state index contributed by atoms with van der Waals surface area (Å²) in [5.74, 6) is 0.341. The minimum absolute atomic E-state index is 0.0858. The molecule has 0 spiro atoms. The van der Waals surface area contributed by atoms with Gasteiger partial charge >= 0.3 is 0 Å². The Morgan fingerprint density at radius 1 is 1.20 bits per heavy atom. The Labute approximate surface area is 175 Å². The van der Waals surface area contributed by atoms with Gasteiger partial charge in [-0.3, -0.25) is 14.9 Å². The maximum atomic E-state index is 12.4. The van der Waals surface area contributed by atoms with Crippen LogP contribution in [0.4, 0.5) is 10.8 Å². The molecule has 0 saturated heterocycles. The van der Waals surface area contributed by atoms with Crippen LogP contribution in [-0.2, 0) is 17.8 Å². The van der Waals surface area contributed by atoms with Gasteiger partial charge in [0.25, 0.3) is 5.91 Å². The molecule has 0 bridgehead atoms. The van der Waals surface area contributed by atoms with E-state index in [4.69, 9.17) is 4.42 Å². The number of hydrogen-bond acceptors (Lipinski definition) is 7. The fraction of sp³-hybridized carbons (Fsp3) is 0.150. The summed E-state index contributed by atoms with van der Waals surface area (Å²) in [5.41, 5.74) is 2.09. The minimum atomic E-state index is -0.387. The second-order valence-electron chi connectivity index (χ2n) is 6.32. The number of nitrogens with zero attached hydrogens (tertiary/aromatic N) is 4. The number of anilines is 2. The van der Waals surface area contributed by atoms with Crippen LogP contribution in [0.15, 0.2) is 58.8 Å². The SMILES string of the molecule is CCn1cnnc1-c1cccc(NC(=O)Cc2csc(NC(=O)c3ccco3)n2)c1. The summed E-state index contributed by atoms with van der Waals surface area (Å²) in [6, 6.07) is 10.6. The van der Waals surface area contributed by atoms with Crippen LogP contribution in [-0.4, -0.2) is 31.6 Å². The van der Waals surface area contributed by atoms with Gasteiger partial charge in [0.1, 0.15) is 6.33 Å². The Bertz CT molecular complexity index is 1160. The molecule has 10 heteroatoms. The first-order valence-corrected chi connectivity index (χ1v) is 10.1. The highest BCUT2D eigenvalue weighted by molar-refractivity contribution is 7.14. The summed E-state index contributed by atoms with van der Waals surface area (Å²) >= 11 is 1.25. The maximum Gasteiger partial charge on any atom is 0.293 e. The van der Waals surface area contributed by atoms with E-state index in [1.807, 2.05) is 35.8 Å². The summed E-state index contributed by atoms with van der Waals surface area (Å²) in [6.45, 7) is 2.76. The molecular weight excluding hydrogens is 404 g/mol. The number of carbonyl (C=O) groups excluding carboxylic acids is 2. The summed E-state index contributed by atoms with van der Waals surface area (Å²) in [7, 11) is 0. The van der Waals surface area contributed by atoms with E-state index in [1.165, 1.54) is 17.6 Å². The Morgan fingerprint density at radius 2 is 2.10 bits per heavy atom.